The van der Waals surface area contributed by atoms with Crippen molar-refractivity contribution in [3.8, 4) is 44.9 Å². The molecule has 56 heavy (non-hydrogen) atoms. The van der Waals surface area contributed by atoms with Crippen molar-refractivity contribution in [2.75, 3.05) is 11.9 Å². The number of hydrogen-bond donors (Lipinski definition) is 0. The van der Waals surface area contributed by atoms with E-state index in [9.17, 15) is 0 Å². The Labute approximate surface area is 327 Å². The molecule has 0 radical (unpaired) electrons. The maximum absolute atomic E-state index is 5.36. The highest BCUT2D eigenvalue weighted by atomic mass is 15.2. The van der Waals surface area contributed by atoms with Gasteiger partial charge in [0.25, 0.3) is 0 Å². The number of rotatable bonds is 8. The summed E-state index contributed by atoms with van der Waals surface area (Å²) in [6.45, 7) is 6.40. The van der Waals surface area contributed by atoms with Crippen molar-refractivity contribution in [1.82, 2.24) is 9.97 Å². The Bertz CT molecular complexity index is 2770. The predicted molar refractivity (Wildman–Crippen MR) is 235 cm³/mol. The first-order valence-corrected chi connectivity index (χ1v) is 18.8. The van der Waals surface area contributed by atoms with Crippen molar-refractivity contribution >= 4 is 46.0 Å². The van der Waals surface area contributed by atoms with Crippen LogP contribution in [0.15, 0.2) is 186 Å². The third-order valence-corrected chi connectivity index (χ3v) is 10.5. The van der Waals surface area contributed by atoms with Gasteiger partial charge in [-0.1, -0.05) is 146 Å². The lowest BCUT2D eigenvalue weighted by Crippen LogP contribution is -2.27. The Balaban J connectivity index is 1.16. The van der Waals surface area contributed by atoms with Gasteiger partial charge in [0.05, 0.1) is 34.3 Å². The summed E-state index contributed by atoms with van der Waals surface area (Å²) >= 11 is 0. The molecule has 1 aliphatic heterocycles. The van der Waals surface area contributed by atoms with Gasteiger partial charge in [-0.05, 0) is 76.2 Å². The molecule has 1 aromatic heterocycles. The van der Waals surface area contributed by atoms with E-state index >= 15 is 0 Å². The zero-order valence-electron chi connectivity index (χ0n) is 31.3. The Kier molecular flexibility index (Phi) is 9.18. The minimum atomic E-state index is 0.0168. The van der Waals surface area contributed by atoms with Gasteiger partial charge in [0.15, 0.2) is 5.82 Å². The van der Waals surface area contributed by atoms with Crippen LogP contribution in [0, 0.1) is 6.92 Å². The average molecular weight is 722 g/mol. The highest BCUT2D eigenvalue weighted by molar-refractivity contribution is 6.10. The fourth-order valence-corrected chi connectivity index (χ4v) is 7.40. The maximum atomic E-state index is 5.36. The van der Waals surface area contributed by atoms with E-state index in [-0.39, 0.29) is 6.04 Å². The van der Waals surface area contributed by atoms with Crippen LogP contribution in [-0.4, -0.2) is 29.4 Å². The van der Waals surface area contributed by atoms with E-state index in [1.165, 1.54) is 0 Å². The van der Waals surface area contributed by atoms with Gasteiger partial charge in [0.2, 0.25) is 0 Å². The topological polar surface area (TPSA) is 53.7 Å². The van der Waals surface area contributed by atoms with Gasteiger partial charge in [-0.3, -0.25) is 9.98 Å². The third kappa shape index (κ3) is 6.71. The monoisotopic (exact) mass is 721 g/mol. The van der Waals surface area contributed by atoms with Crippen LogP contribution in [0.5, 0.6) is 0 Å². The summed E-state index contributed by atoms with van der Waals surface area (Å²) in [5.74, 6) is 0.665. The number of aliphatic imine (C=N–C) groups is 2. The van der Waals surface area contributed by atoms with Crippen molar-refractivity contribution < 1.29 is 0 Å². The Hall–Kier alpha value is -7.24. The molecule has 9 rings (SSSR count). The summed E-state index contributed by atoms with van der Waals surface area (Å²) < 4.78 is 0. The average Bonchev–Trinajstić information content (AvgIpc) is 3.26. The highest BCUT2D eigenvalue weighted by Crippen LogP contribution is 2.40. The number of para-hydroxylation sites is 3. The van der Waals surface area contributed by atoms with Crippen LogP contribution in [0.1, 0.15) is 22.7 Å². The summed E-state index contributed by atoms with van der Waals surface area (Å²) in [7, 11) is 2.12. The number of aromatic nitrogens is 2. The molecule has 0 saturated carbocycles. The number of nitrogens with zero attached hydrogens (tertiary/aromatic N) is 5. The number of allylic oxidation sites excluding steroid dienone is 1. The number of anilines is 1. The van der Waals surface area contributed by atoms with Crippen molar-refractivity contribution in [3.63, 3.8) is 0 Å². The lowest BCUT2D eigenvalue weighted by atomic mass is 9.93. The molecule has 0 fully saturated rings. The Morgan fingerprint density at radius 2 is 1.30 bits per heavy atom. The first kappa shape index (κ1) is 34.5. The second-order valence-electron chi connectivity index (χ2n) is 14.1. The predicted octanol–water partition coefficient (Wildman–Crippen LogP) is 12.9. The van der Waals surface area contributed by atoms with Gasteiger partial charge in [0.1, 0.15) is 0 Å². The number of benzene rings is 7. The molecule has 0 saturated heterocycles. The summed E-state index contributed by atoms with van der Waals surface area (Å²) in [4.78, 5) is 22.5. The van der Waals surface area contributed by atoms with Crippen LogP contribution in [0.4, 0.5) is 17.1 Å². The molecule has 0 spiro atoms. The molecule has 268 valence electrons. The molecule has 1 atom stereocenters. The van der Waals surface area contributed by atoms with Crippen LogP contribution in [-0.2, 0) is 0 Å². The lowest BCUT2D eigenvalue weighted by Gasteiger charge is -2.31. The van der Waals surface area contributed by atoms with Crippen molar-refractivity contribution in [2.45, 2.75) is 13.0 Å². The summed E-state index contributed by atoms with van der Waals surface area (Å²) in [5, 5.41) is 0.983. The first-order chi connectivity index (χ1) is 27.5. The van der Waals surface area contributed by atoms with Crippen LogP contribution in [0.2, 0.25) is 0 Å². The van der Waals surface area contributed by atoms with Gasteiger partial charge < -0.3 is 4.90 Å². The fraction of sp³-hybridized carbons (Fsp3) is 0.0588. The molecule has 5 heteroatoms. The molecule has 7 aromatic carbocycles. The van der Waals surface area contributed by atoms with E-state index in [4.69, 9.17) is 20.0 Å². The summed E-state index contributed by atoms with van der Waals surface area (Å²) in [6.07, 6.45) is 3.86. The Morgan fingerprint density at radius 3 is 2.05 bits per heavy atom. The van der Waals surface area contributed by atoms with E-state index in [1.54, 1.807) is 0 Å². The largest absolute Gasteiger partial charge is 0.361 e. The summed E-state index contributed by atoms with van der Waals surface area (Å²) in [6, 6.07) is 58.9. The third-order valence-electron chi connectivity index (χ3n) is 10.5. The normalized spacial score (nSPS) is 13.6. The van der Waals surface area contributed by atoms with Gasteiger partial charge in [-0.2, -0.15) is 0 Å². The molecule has 0 amide bonds. The van der Waals surface area contributed by atoms with E-state index in [2.05, 4.69) is 153 Å². The van der Waals surface area contributed by atoms with E-state index in [0.717, 1.165) is 89.3 Å². The molecule has 1 unspecified atom stereocenters. The van der Waals surface area contributed by atoms with Gasteiger partial charge >= 0.3 is 0 Å². The van der Waals surface area contributed by atoms with Gasteiger partial charge in [0, 0.05) is 41.6 Å². The molecule has 1 aliphatic rings. The fourth-order valence-electron chi connectivity index (χ4n) is 7.40. The van der Waals surface area contributed by atoms with E-state index in [0.29, 0.717) is 5.82 Å². The van der Waals surface area contributed by atoms with Crippen molar-refractivity contribution in [1.29, 1.82) is 0 Å². The first-order valence-electron chi connectivity index (χ1n) is 18.8. The molecule has 2 heterocycles. The summed E-state index contributed by atoms with van der Waals surface area (Å²) in [5.41, 5.74) is 15.2. The number of hydrogen-bond acceptors (Lipinski definition) is 5. The SMILES string of the molecule is C=C(/C=N\c1ccccc1C)c1ccc(-c2nc(-c3ccc(C4C=Nc5ccccc5N4C)cc3)nc3c(-c4ccccc4)cc(-c4ccccc4)cc23)cc1. The minimum absolute atomic E-state index is 0.0168. The standard InChI is InChI=1S/C51H39N5/c1-34-14-10-11-19-45(34)52-32-35(2)36-22-26-40(27-23-36)49-44-31-42(37-15-6-4-7-16-37)30-43(38-17-8-5-9-18-38)50(44)55-51(54-49)41-28-24-39(25-29-41)48-33-53-46-20-12-13-21-47(46)56(48)3/h4-33,48H,2H2,1,3H3/b52-32-. The smallest absolute Gasteiger partial charge is 0.160 e. The maximum Gasteiger partial charge on any atom is 0.160 e. The van der Waals surface area contributed by atoms with Crippen LogP contribution < -0.4 is 4.90 Å². The molecule has 0 aliphatic carbocycles. The minimum Gasteiger partial charge on any atom is -0.361 e. The molecular weight excluding hydrogens is 683 g/mol. The van der Waals surface area contributed by atoms with Gasteiger partial charge in [-0.25, -0.2) is 9.97 Å². The van der Waals surface area contributed by atoms with Crippen molar-refractivity contribution in [3.05, 3.63) is 193 Å². The zero-order valence-corrected chi connectivity index (χ0v) is 31.3. The van der Waals surface area contributed by atoms with Crippen LogP contribution >= 0.6 is 0 Å². The lowest BCUT2D eigenvalue weighted by molar-refractivity contribution is 0.851. The molecular formula is C51H39N5. The Morgan fingerprint density at radius 1 is 0.643 bits per heavy atom. The van der Waals surface area contributed by atoms with Gasteiger partial charge in [-0.15, -0.1) is 0 Å². The second kappa shape index (κ2) is 14.9. The molecule has 8 aromatic rings. The van der Waals surface area contributed by atoms with E-state index in [1.807, 2.05) is 54.9 Å². The molecule has 5 nitrogen and oxygen atoms in total. The quantitative estimate of drug-likeness (QED) is 0.147. The number of fused-ring (bicyclic) bond motifs is 2. The van der Waals surface area contributed by atoms with Crippen LogP contribution in [0.25, 0.3) is 61.4 Å². The molecule has 0 bridgehead atoms. The highest BCUT2D eigenvalue weighted by Gasteiger charge is 2.22. The van der Waals surface area contributed by atoms with Crippen LogP contribution in [0.3, 0.4) is 0 Å². The number of aryl methyl sites for hydroxylation is 1. The van der Waals surface area contributed by atoms with Crippen molar-refractivity contribution in [2.24, 2.45) is 9.98 Å². The zero-order chi connectivity index (χ0) is 38.0. The molecule has 0 N–H and O–H groups in total. The van der Waals surface area contributed by atoms with E-state index < -0.39 is 0 Å². The second-order valence-corrected chi connectivity index (χ2v) is 14.1.